The summed E-state index contributed by atoms with van der Waals surface area (Å²) in [4.78, 5) is 26.0. The first-order chi connectivity index (χ1) is 11.7. The van der Waals surface area contributed by atoms with Crippen LogP contribution in [0.15, 0.2) is 54.6 Å². The summed E-state index contributed by atoms with van der Waals surface area (Å²) in [6, 6.07) is 18.1. The van der Waals surface area contributed by atoms with Gasteiger partial charge in [-0.05, 0) is 16.7 Å². The number of Topliss-reactive ketones (excluding diaryl/α,β-unsaturated/α-hetero) is 1. The second-order valence-corrected chi connectivity index (χ2v) is 6.09. The van der Waals surface area contributed by atoms with E-state index in [1.807, 2.05) is 42.5 Å². The number of nitrogens with zero attached hydrogens (tertiary/aromatic N) is 1. The van der Waals surface area contributed by atoms with Crippen molar-refractivity contribution in [1.82, 2.24) is 10.2 Å². The topological polar surface area (TPSA) is 49.4 Å². The van der Waals surface area contributed by atoms with Gasteiger partial charge in [0, 0.05) is 32.6 Å². The molecule has 0 radical (unpaired) electrons. The first-order valence-electron chi connectivity index (χ1n) is 8.37. The highest BCUT2D eigenvalue weighted by molar-refractivity contribution is 5.99. The molecule has 1 aliphatic heterocycles. The highest BCUT2D eigenvalue weighted by Gasteiger charge is 2.19. The average molecular weight is 359 g/mol. The molecule has 0 bridgehead atoms. The van der Waals surface area contributed by atoms with E-state index in [0.29, 0.717) is 19.5 Å². The number of carbonyl (C=O) groups is 2. The van der Waals surface area contributed by atoms with Gasteiger partial charge in [-0.15, -0.1) is 12.4 Å². The van der Waals surface area contributed by atoms with Crippen molar-refractivity contribution in [3.63, 3.8) is 0 Å². The first-order valence-corrected chi connectivity index (χ1v) is 8.37. The standard InChI is InChI=1S/C20H22N2O2.ClH/c23-19(15-20(24)22-12-10-21-11-13-22)14-16-6-8-18(9-7-16)17-4-2-1-3-5-17;/h1-9,21H,10-15H2;1H. The number of piperazine rings is 1. The van der Waals surface area contributed by atoms with Crippen molar-refractivity contribution in [3.05, 3.63) is 60.2 Å². The highest BCUT2D eigenvalue weighted by atomic mass is 35.5. The lowest BCUT2D eigenvalue weighted by Gasteiger charge is -2.27. The van der Waals surface area contributed by atoms with Gasteiger partial charge in [0.2, 0.25) is 5.91 Å². The molecule has 0 spiro atoms. The summed E-state index contributed by atoms with van der Waals surface area (Å²) in [5.41, 5.74) is 3.24. The summed E-state index contributed by atoms with van der Waals surface area (Å²) >= 11 is 0. The van der Waals surface area contributed by atoms with Gasteiger partial charge in [0.05, 0.1) is 6.42 Å². The van der Waals surface area contributed by atoms with Crippen LogP contribution in [0, 0.1) is 0 Å². The van der Waals surface area contributed by atoms with Crippen LogP contribution in [0.4, 0.5) is 0 Å². The van der Waals surface area contributed by atoms with E-state index in [4.69, 9.17) is 0 Å². The van der Waals surface area contributed by atoms with Crippen molar-refractivity contribution < 1.29 is 9.59 Å². The third-order valence-corrected chi connectivity index (χ3v) is 4.28. The van der Waals surface area contributed by atoms with Gasteiger partial charge >= 0.3 is 0 Å². The molecule has 1 saturated heterocycles. The van der Waals surface area contributed by atoms with Gasteiger partial charge in [0.25, 0.3) is 0 Å². The van der Waals surface area contributed by atoms with Crippen molar-refractivity contribution in [1.29, 1.82) is 0 Å². The SMILES string of the molecule is Cl.O=C(CC(=O)N1CCNCC1)Cc1ccc(-c2ccccc2)cc1. The van der Waals surface area contributed by atoms with E-state index in [1.165, 1.54) is 0 Å². The monoisotopic (exact) mass is 358 g/mol. The predicted molar refractivity (Wildman–Crippen MR) is 102 cm³/mol. The van der Waals surface area contributed by atoms with Crippen molar-refractivity contribution in [3.8, 4) is 11.1 Å². The zero-order valence-electron chi connectivity index (χ0n) is 14.1. The Labute approximate surface area is 154 Å². The van der Waals surface area contributed by atoms with E-state index in [1.54, 1.807) is 4.90 Å². The fraction of sp³-hybridized carbons (Fsp3) is 0.300. The normalized spacial score (nSPS) is 13.8. The molecule has 3 rings (SSSR count). The molecule has 1 heterocycles. The maximum absolute atomic E-state index is 12.2. The van der Waals surface area contributed by atoms with Gasteiger partial charge in [0.15, 0.2) is 0 Å². The van der Waals surface area contributed by atoms with Crippen LogP contribution in [-0.4, -0.2) is 42.8 Å². The largest absolute Gasteiger partial charge is 0.340 e. The van der Waals surface area contributed by atoms with Gasteiger partial charge in [-0.1, -0.05) is 54.6 Å². The molecule has 1 fully saturated rings. The van der Waals surface area contributed by atoms with E-state index < -0.39 is 0 Å². The van der Waals surface area contributed by atoms with E-state index in [0.717, 1.165) is 29.8 Å². The lowest BCUT2D eigenvalue weighted by molar-refractivity contribution is -0.135. The highest BCUT2D eigenvalue weighted by Crippen LogP contribution is 2.19. The molecule has 1 aliphatic rings. The van der Waals surface area contributed by atoms with Gasteiger partial charge < -0.3 is 10.2 Å². The second kappa shape index (κ2) is 9.35. The summed E-state index contributed by atoms with van der Waals surface area (Å²) in [6.07, 6.45) is 0.313. The Bertz CT molecular complexity index is 695. The summed E-state index contributed by atoms with van der Waals surface area (Å²) < 4.78 is 0. The maximum atomic E-state index is 12.2. The van der Waals surface area contributed by atoms with Gasteiger partial charge in [-0.3, -0.25) is 9.59 Å². The molecular weight excluding hydrogens is 336 g/mol. The maximum Gasteiger partial charge on any atom is 0.230 e. The first kappa shape index (κ1) is 19.2. The number of hydrogen-bond donors (Lipinski definition) is 1. The van der Waals surface area contributed by atoms with Crippen LogP contribution in [-0.2, 0) is 16.0 Å². The number of nitrogens with one attached hydrogen (secondary N) is 1. The van der Waals surface area contributed by atoms with Crippen molar-refractivity contribution in [2.45, 2.75) is 12.8 Å². The van der Waals surface area contributed by atoms with Crippen molar-refractivity contribution in [2.24, 2.45) is 0 Å². The fourth-order valence-corrected chi connectivity index (χ4v) is 2.93. The fourth-order valence-electron chi connectivity index (χ4n) is 2.93. The predicted octanol–water partition coefficient (Wildman–Crippen LogP) is 2.71. The molecule has 0 saturated carbocycles. The van der Waals surface area contributed by atoms with Crippen molar-refractivity contribution >= 4 is 24.1 Å². The van der Waals surface area contributed by atoms with E-state index >= 15 is 0 Å². The molecule has 4 nitrogen and oxygen atoms in total. The molecule has 0 unspecified atom stereocenters. The van der Waals surface area contributed by atoms with Crippen LogP contribution < -0.4 is 5.32 Å². The molecule has 1 N–H and O–H groups in total. The van der Waals surface area contributed by atoms with Crippen molar-refractivity contribution in [2.75, 3.05) is 26.2 Å². The van der Waals surface area contributed by atoms with Crippen LogP contribution in [0.5, 0.6) is 0 Å². The minimum absolute atomic E-state index is 0. The number of halogens is 1. The molecular formula is C20H23ClN2O2. The third kappa shape index (κ3) is 5.41. The minimum atomic E-state index is -0.0533. The number of benzene rings is 2. The van der Waals surface area contributed by atoms with E-state index in [9.17, 15) is 9.59 Å². The number of ketones is 1. The van der Waals surface area contributed by atoms with Crippen LogP contribution in [0.25, 0.3) is 11.1 Å². The quantitative estimate of drug-likeness (QED) is 0.836. The van der Waals surface area contributed by atoms with Crippen LogP contribution in [0.3, 0.4) is 0 Å². The molecule has 0 aliphatic carbocycles. The average Bonchev–Trinajstić information content (AvgIpc) is 2.64. The number of carbonyl (C=O) groups excluding carboxylic acids is 2. The lowest BCUT2D eigenvalue weighted by Crippen LogP contribution is -2.46. The summed E-state index contributed by atoms with van der Waals surface area (Å²) in [5.74, 6) is -0.0756. The van der Waals surface area contributed by atoms with E-state index in [2.05, 4.69) is 17.4 Å². The Morgan fingerprint density at radius 1 is 0.880 bits per heavy atom. The molecule has 2 aromatic carbocycles. The lowest BCUT2D eigenvalue weighted by atomic mass is 10.0. The molecule has 5 heteroatoms. The van der Waals surface area contributed by atoms with E-state index in [-0.39, 0.29) is 30.5 Å². The molecule has 1 amide bonds. The third-order valence-electron chi connectivity index (χ3n) is 4.28. The Balaban J connectivity index is 0.00000225. The Kier molecular flexibility index (Phi) is 7.16. The second-order valence-electron chi connectivity index (χ2n) is 6.09. The minimum Gasteiger partial charge on any atom is -0.340 e. The number of hydrogen-bond acceptors (Lipinski definition) is 3. The van der Waals surface area contributed by atoms with Gasteiger partial charge in [-0.2, -0.15) is 0 Å². The van der Waals surface area contributed by atoms with Gasteiger partial charge in [-0.25, -0.2) is 0 Å². The zero-order chi connectivity index (χ0) is 16.8. The summed E-state index contributed by atoms with van der Waals surface area (Å²) in [6.45, 7) is 3.00. The number of amides is 1. The van der Waals surface area contributed by atoms with Crippen LogP contribution in [0.2, 0.25) is 0 Å². The smallest absolute Gasteiger partial charge is 0.230 e. The summed E-state index contributed by atoms with van der Waals surface area (Å²) in [7, 11) is 0. The summed E-state index contributed by atoms with van der Waals surface area (Å²) in [5, 5.41) is 3.20. The molecule has 0 atom stereocenters. The van der Waals surface area contributed by atoms with Gasteiger partial charge in [0.1, 0.15) is 5.78 Å². The molecule has 0 aromatic heterocycles. The Morgan fingerprint density at radius 3 is 2.12 bits per heavy atom. The Hall–Kier alpha value is -2.17. The molecule has 132 valence electrons. The van der Waals surface area contributed by atoms with Crippen LogP contribution in [0.1, 0.15) is 12.0 Å². The zero-order valence-corrected chi connectivity index (χ0v) is 14.9. The molecule has 2 aromatic rings. The Morgan fingerprint density at radius 2 is 1.48 bits per heavy atom. The molecule has 25 heavy (non-hydrogen) atoms. The van der Waals surface area contributed by atoms with Crippen LogP contribution >= 0.6 is 12.4 Å². The number of rotatable bonds is 5.